The van der Waals surface area contributed by atoms with Crippen LogP contribution in [0.2, 0.25) is 0 Å². The summed E-state index contributed by atoms with van der Waals surface area (Å²) >= 11 is 0. The lowest BCUT2D eigenvalue weighted by molar-refractivity contribution is 0.161. The van der Waals surface area contributed by atoms with Crippen LogP contribution in [-0.2, 0) is 13.1 Å². The van der Waals surface area contributed by atoms with Gasteiger partial charge in [0.15, 0.2) is 0 Å². The Kier molecular flexibility index (Phi) is 3.52. The molecule has 1 aliphatic heterocycles. The van der Waals surface area contributed by atoms with Gasteiger partial charge >= 0.3 is 0 Å². The zero-order valence-electron chi connectivity index (χ0n) is 12.5. The zero-order chi connectivity index (χ0) is 14.1. The molecule has 2 aromatic rings. The molecule has 3 nitrogen and oxygen atoms in total. The first-order chi connectivity index (χ1) is 10.3. The van der Waals surface area contributed by atoms with Gasteiger partial charge in [0.25, 0.3) is 0 Å². The highest BCUT2D eigenvalue weighted by molar-refractivity contribution is 5.23. The standard InChI is InChI=1S/C18H23N3/c1-3-15(9-16(4-1)14-21-8-2-7-19-21)11-20-12-17-5-6-18(10-17)13-20/h1-4,7-9,17-18H,5-6,10-14H2/t17-,18+. The van der Waals surface area contributed by atoms with Crippen LogP contribution >= 0.6 is 0 Å². The summed E-state index contributed by atoms with van der Waals surface area (Å²) in [4.78, 5) is 2.67. The molecule has 1 saturated carbocycles. The maximum atomic E-state index is 4.29. The number of fused-ring (bicyclic) bond motifs is 2. The Balaban J connectivity index is 1.43. The van der Waals surface area contributed by atoms with Gasteiger partial charge in [0.1, 0.15) is 0 Å². The highest BCUT2D eigenvalue weighted by Gasteiger charge is 2.32. The topological polar surface area (TPSA) is 21.1 Å². The third-order valence-electron chi connectivity index (χ3n) is 4.98. The summed E-state index contributed by atoms with van der Waals surface area (Å²) in [5, 5.41) is 4.29. The second-order valence-electron chi connectivity index (χ2n) is 6.76. The second kappa shape index (κ2) is 5.64. The van der Waals surface area contributed by atoms with E-state index in [0.717, 1.165) is 24.9 Å². The summed E-state index contributed by atoms with van der Waals surface area (Å²) in [7, 11) is 0. The van der Waals surface area contributed by atoms with Gasteiger partial charge in [-0.1, -0.05) is 24.3 Å². The molecule has 0 spiro atoms. The quantitative estimate of drug-likeness (QED) is 0.858. The molecule has 1 saturated heterocycles. The van der Waals surface area contributed by atoms with Crippen LogP contribution in [0.3, 0.4) is 0 Å². The van der Waals surface area contributed by atoms with Crippen LogP contribution < -0.4 is 0 Å². The molecule has 21 heavy (non-hydrogen) atoms. The Morgan fingerprint density at radius 2 is 1.76 bits per heavy atom. The van der Waals surface area contributed by atoms with E-state index in [4.69, 9.17) is 0 Å². The van der Waals surface area contributed by atoms with Crippen molar-refractivity contribution in [2.75, 3.05) is 13.1 Å². The van der Waals surface area contributed by atoms with E-state index in [1.165, 1.54) is 43.5 Å². The lowest BCUT2D eigenvalue weighted by Crippen LogP contribution is -2.35. The van der Waals surface area contributed by atoms with E-state index in [0.29, 0.717) is 0 Å². The molecule has 0 N–H and O–H groups in total. The van der Waals surface area contributed by atoms with Crippen LogP contribution in [0.25, 0.3) is 0 Å². The Bertz CT molecular complexity index is 578. The third kappa shape index (κ3) is 3.03. The van der Waals surface area contributed by atoms with Crippen molar-refractivity contribution >= 4 is 0 Å². The van der Waals surface area contributed by atoms with Crippen LogP contribution in [0, 0.1) is 11.8 Å². The first kappa shape index (κ1) is 13.1. The monoisotopic (exact) mass is 281 g/mol. The summed E-state index contributed by atoms with van der Waals surface area (Å²) in [5.41, 5.74) is 2.79. The van der Waals surface area contributed by atoms with Crippen LogP contribution in [0.15, 0.2) is 42.7 Å². The first-order valence-corrected chi connectivity index (χ1v) is 8.13. The van der Waals surface area contributed by atoms with Crippen LogP contribution in [0.5, 0.6) is 0 Å². The molecule has 3 heteroatoms. The van der Waals surface area contributed by atoms with Crippen molar-refractivity contribution in [2.45, 2.75) is 32.4 Å². The van der Waals surface area contributed by atoms with E-state index < -0.39 is 0 Å². The number of rotatable bonds is 4. The fourth-order valence-corrected chi connectivity index (χ4v) is 4.11. The zero-order valence-corrected chi connectivity index (χ0v) is 12.5. The Morgan fingerprint density at radius 1 is 1.00 bits per heavy atom. The van der Waals surface area contributed by atoms with Crippen LogP contribution in [0.1, 0.15) is 30.4 Å². The Hall–Kier alpha value is -1.61. The van der Waals surface area contributed by atoms with Gasteiger partial charge in [-0.2, -0.15) is 5.10 Å². The van der Waals surface area contributed by atoms with Crippen molar-refractivity contribution in [3.8, 4) is 0 Å². The molecule has 2 aliphatic rings. The molecule has 0 amide bonds. The smallest absolute Gasteiger partial charge is 0.0659 e. The van der Waals surface area contributed by atoms with E-state index in [2.05, 4.69) is 34.3 Å². The molecule has 1 aromatic heterocycles. The van der Waals surface area contributed by atoms with E-state index in [9.17, 15) is 0 Å². The lowest BCUT2D eigenvalue weighted by Gasteiger charge is -2.31. The van der Waals surface area contributed by atoms with Crippen molar-refractivity contribution in [3.05, 3.63) is 53.9 Å². The predicted octanol–water partition coefficient (Wildman–Crippen LogP) is 3.16. The van der Waals surface area contributed by atoms with Crippen molar-refractivity contribution < 1.29 is 0 Å². The minimum atomic E-state index is 0.867. The van der Waals surface area contributed by atoms with Gasteiger partial charge < -0.3 is 0 Å². The summed E-state index contributed by atoms with van der Waals surface area (Å²) in [6.45, 7) is 4.59. The first-order valence-electron chi connectivity index (χ1n) is 8.13. The van der Waals surface area contributed by atoms with Gasteiger partial charge in [0, 0.05) is 32.0 Å². The molecule has 1 aliphatic carbocycles. The van der Waals surface area contributed by atoms with E-state index in [-0.39, 0.29) is 0 Å². The minimum absolute atomic E-state index is 0.867. The van der Waals surface area contributed by atoms with Crippen molar-refractivity contribution in [1.29, 1.82) is 0 Å². The van der Waals surface area contributed by atoms with Crippen LogP contribution in [-0.4, -0.2) is 27.8 Å². The molecule has 2 bridgehead atoms. The number of piperidine rings is 1. The summed E-state index contributed by atoms with van der Waals surface area (Å²) in [6, 6.07) is 11.0. The lowest BCUT2D eigenvalue weighted by atomic mass is 9.98. The summed E-state index contributed by atoms with van der Waals surface area (Å²) in [6.07, 6.45) is 8.26. The average molecular weight is 281 g/mol. The number of nitrogens with zero attached hydrogens (tertiary/aromatic N) is 3. The van der Waals surface area contributed by atoms with E-state index in [1.54, 1.807) is 0 Å². The van der Waals surface area contributed by atoms with Gasteiger partial charge in [0.05, 0.1) is 6.54 Å². The molecular formula is C18H23N3. The minimum Gasteiger partial charge on any atom is -0.299 e. The number of aromatic nitrogens is 2. The molecule has 4 rings (SSSR count). The van der Waals surface area contributed by atoms with Crippen molar-refractivity contribution in [1.82, 2.24) is 14.7 Å². The van der Waals surface area contributed by atoms with Gasteiger partial charge in [-0.05, 0) is 48.3 Å². The van der Waals surface area contributed by atoms with Crippen molar-refractivity contribution in [3.63, 3.8) is 0 Å². The number of hydrogen-bond acceptors (Lipinski definition) is 2. The SMILES string of the molecule is c1cc(CN2C[C@@H]3CC[C@@H](C3)C2)cc(Cn2cccn2)c1. The van der Waals surface area contributed by atoms with Gasteiger partial charge in [-0.25, -0.2) is 0 Å². The van der Waals surface area contributed by atoms with Gasteiger partial charge in [-0.15, -0.1) is 0 Å². The van der Waals surface area contributed by atoms with E-state index >= 15 is 0 Å². The average Bonchev–Trinajstić information content (AvgIpc) is 3.09. The normalized spacial score (nSPS) is 25.3. The Labute approximate surface area is 126 Å². The molecule has 2 heterocycles. The molecule has 0 unspecified atom stereocenters. The van der Waals surface area contributed by atoms with E-state index in [1.807, 2.05) is 23.1 Å². The van der Waals surface area contributed by atoms with Crippen LogP contribution in [0.4, 0.5) is 0 Å². The summed E-state index contributed by atoms with van der Waals surface area (Å²) < 4.78 is 1.99. The number of hydrogen-bond donors (Lipinski definition) is 0. The fourth-order valence-electron chi connectivity index (χ4n) is 4.11. The maximum absolute atomic E-state index is 4.29. The number of benzene rings is 1. The third-order valence-corrected chi connectivity index (χ3v) is 4.98. The molecule has 110 valence electrons. The highest BCUT2D eigenvalue weighted by Crippen LogP contribution is 2.36. The van der Waals surface area contributed by atoms with Gasteiger partial charge in [0.2, 0.25) is 0 Å². The highest BCUT2D eigenvalue weighted by atomic mass is 15.3. The number of likely N-dealkylation sites (tertiary alicyclic amines) is 1. The molecule has 1 aromatic carbocycles. The molecule has 0 radical (unpaired) electrons. The summed E-state index contributed by atoms with van der Waals surface area (Å²) in [5.74, 6) is 1.94. The molecule has 2 fully saturated rings. The second-order valence-corrected chi connectivity index (χ2v) is 6.76. The Morgan fingerprint density at radius 3 is 2.48 bits per heavy atom. The predicted molar refractivity (Wildman–Crippen MR) is 83.9 cm³/mol. The van der Waals surface area contributed by atoms with Crippen molar-refractivity contribution in [2.24, 2.45) is 11.8 Å². The maximum Gasteiger partial charge on any atom is 0.0659 e. The van der Waals surface area contributed by atoms with Gasteiger partial charge in [-0.3, -0.25) is 9.58 Å². The fraction of sp³-hybridized carbons (Fsp3) is 0.500. The molecular weight excluding hydrogens is 258 g/mol. The largest absolute Gasteiger partial charge is 0.299 e. The molecule has 2 atom stereocenters.